The maximum absolute atomic E-state index is 5.75. The predicted molar refractivity (Wildman–Crippen MR) is 117 cm³/mol. The maximum atomic E-state index is 5.75. The number of rotatable bonds is 10. The average Bonchev–Trinajstić information content (AvgIpc) is 3.06. The van der Waals surface area contributed by atoms with Gasteiger partial charge >= 0.3 is 6.01 Å². The Labute approximate surface area is 172 Å². The van der Waals surface area contributed by atoms with Crippen molar-refractivity contribution in [2.75, 3.05) is 38.3 Å². The Bertz CT molecular complexity index is 948. The molecule has 0 saturated carbocycles. The van der Waals surface area contributed by atoms with Gasteiger partial charge in [-0.15, -0.1) is 0 Å². The molecule has 0 aliphatic rings. The minimum Gasteiger partial charge on any atom is -0.461 e. The third-order valence-electron chi connectivity index (χ3n) is 4.94. The number of anilines is 1. The lowest BCUT2D eigenvalue weighted by molar-refractivity contribution is 0.141. The minimum atomic E-state index is 0.391. The van der Waals surface area contributed by atoms with Crippen molar-refractivity contribution in [2.24, 2.45) is 7.05 Å². The third kappa shape index (κ3) is 4.67. The molecular weight excluding hydrogens is 366 g/mol. The van der Waals surface area contributed by atoms with Gasteiger partial charge in [0.25, 0.3) is 0 Å². The van der Waals surface area contributed by atoms with Crippen LogP contribution in [0, 0.1) is 6.92 Å². The molecule has 156 valence electrons. The molecule has 2 heterocycles. The molecule has 29 heavy (non-hydrogen) atoms. The number of methoxy groups -OCH3 is 1. The van der Waals surface area contributed by atoms with Gasteiger partial charge in [-0.2, -0.15) is 9.97 Å². The van der Waals surface area contributed by atoms with E-state index >= 15 is 0 Å². The highest BCUT2D eigenvalue weighted by Crippen LogP contribution is 2.31. The van der Waals surface area contributed by atoms with Crippen LogP contribution in [0.25, 0.3) is 22.3 Å². The highest BCUT2D eigenvalue weighted by atomic mass is 16.5. The summed E-state index contributed by atoms with van der Waals surface area (Å²) in [4.78, 5) is 16.3. The lowest BCUT2D eigenvalue weighted by Crippen LogP contribution is -2.26. The lowest BCUT2D eigenvalue weighted by atomic mass is 10.1. The first-order valence-corrected chi connectivity index (χ1v) is 10.3. The summed E-state index contributed by atoms with van der Waals surface area (Å²) in [6.45, 7) is 9.22. The summed E-state index contributed by atoms with van der Waals surface area (Å²) in [6.07, 6.45) is 3.98. The Kier molecular flexibility index (Phi) is 7.04. The molecule has 0 radical (unpaired) electrons. The first-order chi connectivity index (χ1) is 14.1. The Morgan fingerprint density at radius 2 is 1.83 bits per heavy atom. The third-order valence-corrected chi connectivity index (χ3v) is 4.94. The zero-order valence-electron chi connectivity index (χ0n) is 18.1. The van der Waals surface area contributed by atoms with Gasteiger partial charge in [-0.25, -0.2) is 4.98 Å². The van der Waals surface area contributed by atoms with Crippen molar-refractivity contribution in [3.05, 3.63) is 30.1 Å². The molecule has 0 bridgehead atoms. The normalized spacial score (nSPS) is 11.2. The summed E-state index contributed by atoms with van der Waals surface area (Å²) < 4.78 is 12.9. The van der Waals surface area contributed by atoms with Gasteiger partial charge in [0.1, 0.15) is 18.2 Å². The molecule has 0 atom stereocenters. The predicted octanol–water partition coefficient (Wildman–Crippen LogP) is 3.99. The number of aryl methyl sites for hydroxylation is 1. The number of benzene rings is 1. The monoisotopic (exact) mass is 397 g/mol. The van der Waals surface area contributed by atoms with Crippen LogP contribution in [-0.2, 0) is 11.8 Å². The molecule has 0 fully saturated rings. The van der Waals surface area contributed by atoms with E-state index in [1.54, 1.807) is 7.11 Å². The Hall–Kier alpha value is -2.67. The molecule has 0 amide bonds. The fourth-order valence-corrected chi connectivity index (χ4v) is 3.38. The number of fused-ring (bicyclic) bond motifs is 1. The van der Waals surface area contributed by atoms with E-state index in [1.165, 1.54) is 0 Å². The van der Waals surface area contributed by atoms with E-state index in [0.717, 1.165) is 59.7 Å². The van der Waals surface area contributed by atoms with Gasteiger partial charge in [-0.05, 0) is 38.0 Å². The molecule has 0 unspecified atom stereocenters. The van der Waals surface area contributed by atoms with Gasteiger partial charge in [0, 0.05) is 50.1 Å². The average molecular weight is 398 g/mol. The second-order valence-corrected chi connectivity index (χ2v) is 7.17. The topological polar surface area (TPSA) is 65.3 Å². The summed E-state index contributed by atoms with van der Waals surface area (Å²) >= 11 is 0. The van der Waals surface area contributed by atoms with Crippen LogP contribution < -0.4 is 9.64 Å². The summed E-state index contributed by atoms with van der Waals surface area (Å²) in [5, 5.41) is 1.02. The molecule has 0 saturated heterocycles. The standard InChI is InChI=1S/C22H31N5O2/c1-6-10-27(11-7-2)21-18-14-17(20-23-15-16(3)26(20)4)8-9-19(18)24-22(25-21)29-13-12-28-5/h8-9,14-15H,6-7,10-13H2,1-5H3. The zero-order valence-corrected chi connectivity index (χ0v) is 18.1. The number of ether oxygens (including phenoxy) is 2. The molecule has 0 aliphatic carbocycles. The molecule has 1 aromatic carbocycles. The van der Waals surface area contributed by atoms with E-state index in [2.05, 4.69) is 52.3 Å². The van der Waals surface area contributed by atoms with E-state index in [0.29, 0.717) is 19.2 Å². The van der Waals surface area contributed by atoms with Crippen LogP contribution in [0.4, 0.5) is 5.82 Å². The molecule has 7 heteroatoms. The van der Waals surface area contributed by atoms with Crippen molar-refractivity contribution in [1.29, 1.82) is 0 Å². The van der Waals surface area contributed by atoms with Gasteiger partial charge in [-0.3, -0.25) is 0 Å². The van der Waals surface area contributed by atoms with E-state index < -0.39 is 0 Å². The Morgan fingerprint density at radius 1 is 1.07 bits per heavy atom. The second-order valence-electron chi connectivity index (χ2n) is 7.17. The fraction of sp³-hybridized carbons (Fsp3) is 0.500. The molecule has 0 spiro atoms. The maximum Gasteiger partial charge on any atom is 0.319 e. The van der Waals surface area contributed by atoms with Crippen LogP contribution in [0.3, 0.4) is 0 Å². The molecule has 3 rings (SSSR count). The molecule has 0 aliphatic heterocycles. The van der Waals surface area contributed by atoms with Crippen molar-refractivity contribution < 1.29 is 9.47 Å². The first kappa shape index (κ1) is 21.0. The van der Waals surface area contributed by atoms with E-state index in [9.17, 15) is 0 Å². The number of imidazole rings is 1. The van der Waals surface area contributed by atoms with Gasteiger partial charge in [0.15, 0.2) is 0 Å². The Morgan fingerprint density at radius 3 is 2.45 bits per heavy atom. The highest BCUT2D eigenvalue weighted by molar-refractivity contribution is 5.93. The number of aromatic nitrogens is 4. The van der Waals surface area contributed by atoms with E-state index in [1.807, 2.05) is 19.3 Å². The highest BCUT2D eigenvalue weighted by Gasteiger charge is 2.17. The SMILES string of the molecule is CCCN(CCC)c1nc(OCCOC)nc2ccc(-c3ncc(C)n3C)cc12. The first-order valence-electron chi connectivity index (χ1n) is 10.3. The van der Waals surface area contributed by atoms with Gasteiger partial charge < -0.3 is 18.9 Å². The van der Waals surface area contributed by atoms with Crippen LogP contribution >= 0.6 is 0 Å². The smallest absolute Gasteiger partial charge is 0.319 e. The van der Waals surface area contributed by atoms with Crippen LogP contribution in [-0.4, -0.2) is 52.9 Å². The van der Waals surface area contributed by atoms with Crippen molar-refractivity contribution in [2.45, 2.75) is 33.6 Å². The Balaban J connectivity index is 2.12. The van der Waals surface area contributed by atoms with Gasteiger partial charge in [0.05, 0.1) is 12.1 Å². The van der Waals surface area contributed by atoms with E-state index in [4.69, 9.17) is 14.5 Å². The van der Waals surface area contributed by atoms with Crippen molar-refractivity contribution in [3.8, 4) is 17.4 Å². The largest absolute Gasteiger partial charge is 0.461 e. The summed E-state index contributed by atoms with van der Waals surface area (Å²) in [6, 6.07) is 6.62. The summed E-state index contributed by atoms with van der Waals surface area (Å²) in [5.74, 6) is 1.85. The minimum absolute atomic E-state index is 0.391. The van der Waals surface area contributed by atoms with Crippen molar-refractivity contribution >= 4 is 16.7 Å². The fourth-order valence-electron chi connectivity index (χ4n) is 3.38. The molecule has 7 nitrogen and oxygen atoms in total. The molecular formula is C22H31N5O2. The number of hydrogen-bond acceptors (Lipinski definition) is 6. The van der Waals surface area contributed by atoms with Crippen LogP contribution in [0.15, 0.2) is 24.4 Å². The lowest BCUT2D eigenvalue weighted by Gasteiger charge is -2.24. The van der Waals surface area contributed by atoms with Crippen LogP contribution in [0.2, 0.25) is 0 Å². The summed E-state index contributed by atoms with van der Waals surface area (Å²) in [7, 11) is 3.69. The van der Waals surface area contributed by atoms with Gasteiger partial charge in [-0.1, -0.05) is 13.8 Å². The number of hydrogen-bond donors (Lipinski definition) is 0. The van der Waals surface area contributed by atoms with Crippen LogP contribution in [0.1, 0.15) is 32.4 Å². The van der Waals surface area contributed by atoms with Crippen molar-refractivity contribution in [3.63, 3.8) is 0 Å². The molecule has 3 aromatic rings. The number of nitrogens with zero attached hydrogens (tertiary/aromatic N) is 5. The van der Waals surface area contributed by atoms with Gasteiger partial charge in [0.2, 0.25) is 0 Å². The van der Waals surface area contributed by atoms with Crippen molar-refractivity contribution in [1.82, 2.24) is 19.5 Å². The second kappa shape index (κ2) is 9.69. The zero-order chi connectivity index (χ0) is 20.8. The molecule has 2 aromatic heterocycles. The van der Waals surface area contributed by atoms with Crippen LogP contribution in [0.5, 0.6) is 6.01 Å². The quantitative estimate of drug-likeness (QED) is 0.482. The molecule has 0 N–H and O–H groups in total. The van der Waals surface area contributed by atoms with E-state index in [-0.39, 0.29) is 0 Å². The summed E-state index contributed by atoms with van der Waals surface area (Å²) in [5.41, 5.74) is 3.05.